The molecule has 0 saturated heterocycles. The Balaban J connectivity index is 1.68. The fourth-order valence-corrected chi connectivity index (χ4v) is 3.84. The molecule has 4 rings (SSSR count). The van der Waals surface area contributed by atoms with Crippen molar-refractivity contribution in [2.45, 2.75) is 26.9 Å². The summed E-state index contributed by atoms with van der Waals surface area (Å²) in [7, 11) is 1.82. The van der Waals surface area contributed by atoms with E-state index in [4.69, 9.17) is 0 Å². The van der Waals surface area contributed by atoms with Gasteiger partial charge in [-0.2, -0.15) is 23.5 Å². The topological polar surface area (TPSA) is 109 Å². The normalized spacial score (nSPS) is 11.3. The zero-order valence-corrected chi connectivity index (χ0v) is 19.8. The van der Waals surface area contributed by atoms with Crippen molar-refractivity contribution in [2.24, 2.45) is 7.05 Å². The van der Waals surface area contributed by atoms with Crippen LogP contribution in [0.4, 0.5) is 18.9 Å². The maximum Gasteiger partial charge on any atom is 0.433 e. The first-order chi connectivity index (χ1) is 17.0. The van der Waals surface area contributed by atoms with Crippen LogP contribution in [0.2, 0.25) is 0 Å². The molecule has 0 fully saturated rings. The summed E-state index contributed by atoms with van der Waals surface area (Å²) < 4.78 is 40.6. The molecule has 182 valence electrons. The Hall–Kier alpha value is -4.59. The monoisotopic (exact) mass is 491 g/mol. The molecule has 36 heavy (non-hydrogen) atoms. The molecule has 0 aromatic carbocycles. The number of nitrogens with zero attached hydrogens (tertiary/aromatic N) is 6. The number of alkyl halides is 3. The summed E-state index contributed by atoms with van der Waals surface area (Å²) in [4.78, 5) is 24.7. The number of carbonyl (C=O) groups excluding carboxylic acids is 1. The molecule has 0 aliphatic rings. The van der Waals surface area contributed by atoms with Gasteiger partial charge in [0.25, 0.3) is 5.91 Å². The molecule has 4 aromatic rings. The van der Waals surface area contributed by atoms with Gasteiger partial charge in [-0.15, -0.1) is 0 Å². The second-order valence-corrected chi connectivity index (χ2v) is 8.14. The molecule has 1 N–H and O–H groups in total. The van der Waals surface area contributed by atoms with Crippen LogP contribution >= 0.6 is 0 Å². The molecule has 0 unspecified atom stereocenters. The highest BCUT2D eigenvalue weighted by atomic mass is 19.4. The number of hydrogen-bond donors (Lipinski definition) is 1. The minimum absolute atomic E-state index is 0.195. The van der Waals surface area contributed by atoms with Crippen LogP contribution in [0.5, 0.6) is 0 Å². The number of carbonyl (C=O) groups is 1. The van der Waals surface area contributed by atoms with E-state index in [9.17, 15) is 23.2 Å². The Labute approximate surface area is 204 Å². The van der Waals surface area contributed by atoms with Crippen LogP contribution in [0.25, 0.3) is 22.4 Å². The molecule has 8 nitrogen and oxygen atoms in total. The van der Waals surface area contributed by atoms with Gasteiger partial charge in [0.05, 0.1) is 28.8 Å². The van der Waals surface area contributed by atoms with Gasteiger partial charge < -0.3 is 5.32 Å². The van der Waals surface area contributed by atoms with Gasteiger partial charge >= 0.3 is 6.18 Å². The van der Waals surface area contributed by atoms with E-state index < -0.39 is 17.8 Å². The number of amides is 1. The predicted octanol–water partition coefficient (Wildman–Crippen LogP) is 5.01. The largest absolute Gasteiger partial charge is 0.433 e. The number of aromatic nitrogens is 5. The molecular formula is C25H20F3N7O. The summed E-state index contributed by atoms with van der Waals surface area (Å²) >= 11 is 0. The Bertz CT molecular complexity index is 1530. The standard InChI is InChI=1S/C25H20F3N7O/c1-13-20(18-7-17(10-29)23(32-11-18)22-14(2)34-35(4)15(22)3)9-19(12-31-13)33-24(36)16-5-6-30-21(8-16)25(26,27)28/h5-9,11-12H,1-4H3,(H,33,36). The first-order valence-electron chi connectivity index (χ1n) is 10.7. The van der Waals surface area contributed by atoms with Gasteiger partial charge in [-0.05, 0) is 45.0 Å². The maximum absolute atomic E-state index is 12.9. The number of nitriles is 1. The zero-order valence-electron chi connectivity index (χ0n) is 19.8. The molecule has 0 aliphatic heterocycles. The molecule has 0 aliphatic carbocycles. The van der Waals surface area contributed by atoms with Gasteiger partial charge in [0, 0.05) is 53.1 Å². The molecule has 0 radical (unpaired) electrons. The van der Waals surface area contributed by atoms with Crippen molar-refractivity contribution >= 4 is 11.6 Å². The second kappa shape index (κ2) is 9.22. The van der Waals surface area contributed by atoms with Gasteiger partial charge in [0.15, 0.2) is 0 Å². The highest BCUT2D eigenvalue weighted by Gasteiger charge is 2.33. The van der Waals surface area contributed by atoms with E-state index in [1.54, 1.807) is 29.9 Å². The summed E-state index contributed by atoms with van der Waals surface area (Å²) in [5, 5.41) is 16.8. The minimum atomic E-state index is -4.67. The van der Waals surface area contributed by atoms with Gasteiger partial charge in [-0.1, -0.05) is 0 Å². The van der Waals surface area contributed by atoms with E-state index >= 15 is 0 Å². The molecule has 0 saturated carbocycles. The van der Waals surface area contributed by atoms with Crippen LogP contribution in [0.1, 0.15) is 38.7 Å². The highest BCUT2D eigenvalue weighted by molar-refractivity contribution is 6.04. The summed E-state index contributed by atoms with van der Waals surface area (Å²) in [5.41, 5.74) is 3.99. The quantitative estimate of drug-likeness (QED) is 0.430. The summed E-state index contributed by atoms with van der Waals surface area (Å²) in [6, 6.07) is 7.37. The molecular weight excluding hydrogens is 471 g/mol. The third-order valence-electron chi connectivity index (χ3n) is 5.72. The Morgan fingerprint density at radius 3 is 2.44 bits per heavy atom. The van der Waals surface area contributed by atoms with Crippen LogP contribution < -0.4 is 5.32 Å². The molecule has 0 spiro atoms. The van der Waals surface area contributed by atoms with Crippen LogP contribution in [0.3, 0.4) is 0 Å². The molecule has 0 bridgehead atoms. The van der Waals surface area contributed by atoms with Gasteiger partial charge in [-0.25, -0.2) is 0 Å². The number of rotatable bonds is 4. The smallest absolute Gasteiger partial charge is 0.321 e. The Morgan fingerprint density at radius 2 is 1.81 bits per heavy atom. The number of nitrogens with one attached hydrogen (secondary N) is 1. The molecule has 1 amide bonds. The summed E-state index contributed by atoms with van der Waals surface area (Å²) in [6.07, 6.45) is -0.730. The Kier molecular flexibility index (Phi) is 6.28. The third-order valence-corrected chi connectivity index (χ3v) is 5.72. The fraction of sp³-hybridized carbons (Fsp3) is 0.200. The predicted molar refractivity (Wildman–Crippen MR) is 126 cm³/mol. The number of anilines is 1. The average Bonchev–Trinajstić information content (AvgIpc) is 3.10. The molecule has 11 heteroatoms. The first kappa shape index (κ1) is 24.5. The van der Waals surface area contributed by atoms with Gasteiger partial charge in [-0.3, -0.25) is 24.4 Å². The zero-order chi connectivity index (χ0) is 26.2. The maximum atomic E-state index is 12.9. The average molecular weight is 491 g/mol. The fourth-order valence-electron chi connectivity index (χ4n) is 3.84. The molecule has 4 aromatic heterocycles. The lowest BCUT2D eigenvalue weighted by Gasteiger charge is -2.12. The molecule has 4 heterocycles. The lowest BCUT2D eigenvalue weighted by Crippen LogP contribution is -2.15. The van der Waals surface area contributed by atoms with Crippen molar-refractivity contribution < 1.29 is 18.0 Å². The lowest BCUT2D eigenvalue weighted by atomic mass is 9.99. The van der Waals surface area contributed by atoms with Crippen molar-refractivity contribution in [3.8, 4) is 28.5 Å². The van der Waals surface area contributed by atoms with E-state index in [-0.39, 0.29) is 11.3 Å². The van der Waals surface area contributed by atoms with Crippen LogP contribution in [0.15, 0.2) is 42.9 Å². The van der Waals surface area contributed by atoms with E-state index in [0.29, 0.717) is 34.1 Å². The Morgan fingerprint density at radius 1 is 1.06 bits per heavy atom. The van der Waals surface area contributed by atoms with Crippen LogP contribution in [-0.4, -0.2) is 30.6 Å². The summed E-state index contributed by atoms with van der Waals surface area (Å²) in [6.45, 7) is 5.50. The molecule has 0 atom stereocenters. The number of hydrogen-bond acceptors (Lipinski definition) is 6. The SMILES string of the molecule is Cc1ncc(NC(=O)c2ccnc(C(F)(F)F)c2)cc1-c1cnc(-c2c(C)nn(C)c2C)c(C#N)c1. The highest BCUT2D eigenvalue weighted by Crippen LogP contribution is 2.32. The van der Waals surface area contributed by atoms with E-state index in [1.807, 2.05) is 20.9 Å². The lowest BCUT2D eigenvalue weighted by molar-refractivity contribution is -0.141. The second-order valence-electron chi connectivity index (χ2n) is 8.14. The first-order valence-corrected chi connectivity index (χ1v) is 10.7. The number of halogens is 3. The van der Waals surface area contributed by atoms with Crippen molar-refractivity contribution in [3.63, 3.8) is 0 Å². The van der Waals surface area contributed by atoms with Crippen LogP contribution in [0, 0.1) is 32.1 Å². The summed E-state index contributed by atoms with van der Waals surface area (Å²) in [5.74, 6) is -0.742. The van der Waals surface area contributed by atoms with Crippen molar-refractivity contribution in [2.75, 3.05) is 5.32 Å². The van der Waals surface area contributed by atoms with Crippen molar-refractivity contribution in [1.82, 2.24) is 24.7 Å². The van der Waals surface area contributed by atoms with E-state index in [2.05, 4.69) is 31.4 Å². The van der Waals surface area contributed by atoms with E-state index in [1.165, 1.54) is 12.3 Å². The van der Waals surface area contributed by atoms with Gasteiger partial charge in [0.2, 0.25) is 0 Å². The number of aryl methyl sites for hydroxylation is 3. The minimum Gasteiger partial charge on any atom is -0.321 e. The van der Waals surface area contributed by atoms with Gasteiger partial charge in [0.1, 0.15) is 11.8 Å². The number of pyridine rings is 3. The van der Waals surface area contributed by atoms with E-state index in [0.717, 1.165) is 23.1 Å². The van der Waals surface area contributed by atoms with Crippen molar-refractivity contribution in [3.05, 3.63) is 76.8 Å². The van der Waals surface area contributed by atoms with Crippen molar-refractivity contribution in [1.29, 1.82) is 5.26 Å². The van der Waals surface area contributed by atoms with Crippen LogP contribution in [-0.2, 0) is 13.2 Å². The third kappa shape index (κ3) is 4.65.